The van der Waals surface area contributed by atoms with Gasteiger partial charge in [0, 0.05) is 16.8 Å². The maximum Gasteiger partial charge on any atom is 0.131 e. The monoisotopic (exact) mass is 274 g/mol. The molecule has 4 nitrogen and oxygen atoms in total. The molecule has 0 radical (unpaired) electrons. The summed E-state index contributed by atoms with van der Waals surface area (Å²) in [6.07, 6.45) is 0. The van der Waals surface area contributed by atoms with Crippen molar-refractivity contribution in [3.8, 4) is 6.07 Å². The van der Waals surface area contributed by atoms with E-state index in [0.717, 1.165) is 28.0 Å². The summed E-state index contributed by atoms with van der Waals surface area (Å²) < 4.78 is 0. The van der Waals surface area contributed by atoms with Crippen LogP contribution in [0.2, 0.25) is 0 Å². The third-order valence-corrected chi connectivity index (χ3v) is 3.19. The summed E-state index contributed by atoms with van der Waals surface area (Å²) in [5.74, 6) is 0.669. The molecule has 102 valence electrons. The number of benzene rings is 1. The first-order chi connectivity index (χ1) is 10.2. The van der Waals surface area contributed by atoms with Gasteiger partial charge in [-0.05, 0) is 38.1 Å². The van der Waals surface area contributed by atoms with Crippen molar-refractivity contribution in [1.29, 1.82) is 5.26 Å². The highest BCUT2D eigenvalue weighted by molar-refractivity contribution is 5.92. The zero-order valence-electron chi connectivity index (χ0n) is 11.9. The molecule has 2 heterocycles. The summed E-state index contributed by atoms with van der Waals surface area (Å²) in [6.45, 7) is 3.84. The van der Waals surface area contributed by atoms with Gasteiger partial charge < -0.3 is 5.32 Å². The van der Waals surface area contributed by atoms with Gasteiger partial charge in [0.1, 0.15) is 5.82 Å². The number of fused-ring (bicyclic) bond motifs is 1. The molecular weight excluding hydrogens is 260 g/mol. The van der Waals surface area contributed by atoms with E-state index in [1.54, 1.807) is 12.1 Å². The van der Waals surface area contributed by atoms with Crippen molar-refractivity contribution in [3.63, 3.8) is 0 Å². The summed E-state index contributed by atoms with van der Waals surface area (Å²) in [4.78, 5) is 8.95. The Morgan fingerprint density at radius 1 is 1.00 bits per heavy atom. The number of aryl methyl sites for hydroxylation is 2. The third-order valence-electron chi connectivity index (χ3n) is 3.19. The number of para-hydroxylation sites is 1. The fourth-order valence-corrected chi connectivity index (χ4v) is 2.35. The minimum Gasteiger partial charge on any atom is -0.340 e. The van der Waals surface area contributed by atoms with E-state index < -0.39 is 0 Å². The van der Waals surface area contributed by atoms with Crippen molar-refractivity contribution >= 4 is 22.4 Å². The lowest BCUT2D eigenvalue weighted by atomic mass is 10.1. The normalized spacial score (nSPS) is 10.3. The van der Waals surface area contributed by atoms with Crippen LogP contribution in [-0.2, 0) is 0 Å². The first kappa shape index (κ1) is 13.1. The van der Waals surface area contributed by atoms with Crippen LogP contribution in [0.1, 0.15) is 17.0 Å². The molecule has 4 heteroatoms. The van der Waals surface area contributed by atoms with Crippen molar-refractivity contribution in [2.75, 3.05) is 5.32 Å². The van der Waals surface area contributed by atoms with Gasteiger partial charge in [-0.3, -0.25) is 4.98 Å². The van der Waals surface area contributed by atoms with Crippen molar-refractivity contribution < 1.29 is 0 Å². The zero-order chi connectivity index (χ0) is 14.8. The third kappa shape index (κ3) is 2.67. The minimum atomic E-state index is 0.597. The van der Waals surface area contributed by atoms with Crippen molar-refractivity contribution in [3.05, 3.63) is 59.4 Å². The van der Waals surface area contributed by atoms with Crippen molar-refractivity contribution in [2.24, 2.45) is 0 Å². The van der Waals surface area contributed by atoms with Crippen LogP contribution < -0.4 is 5.32 Å². The van der Waals surface area contributed by atoms with Gasteiger partial charge in [-0.25, -0.2) is 4.98 Å². The van der Waals surface area contributed by atoms with Crippen LogP contribution in [0.25, 0.3) is 10.9 Å². The van der Waals surface area contributed by atoms with Crippen LogP contribution >= 0.6 is 0 Å². The number of aromatic nitrogens is 2. The molecule has 1 aromatic carbocycles. The predicted octanol–water partition coefficient (Wildman–Crippen LogP) is 3.86. The molecule has 0 unspecified atom stereocenters. The Hall–Kier alpha value is -2.93. The highest BCUT2D eigenvalue weighted by atomic mass is 15.0. The molecule has 0 bridgehead atoms. The van der Waals surface area contributed by atoms with E-state index in [4.69, 9.17) is 5.26 Å². The lowest BCUT2D eigenvalue weighted by Crippen LogP contribution is -1.98. The highest BCUT2D eigenvalue weighted by Gasteiger charge is 2.06. The number of rotatable bonds is 2. The van der Waals surface area contributed by atoms with Crippen LogP contribution in [0.4, 0.5) is 11.5 Å². The van der Waals surface area contributed by atoms with Gasteiger partial charge in [0.05, 0.1) is 22.8 Å². The molecule has 0 saturated carbocycles. The smallest absolute Gasteiger partial charge is 0.131 e. The van der Waals surface area contributed by atoms with Gasteiger partial charge in [-0.2, -0.15) is 5.26 Å². The number of nitrogens with one attached hydrogen (secondary N) is 1. The first-order valence-electron chi connectivity index (χ1n) is 6.68. The number of anilines is 2. The number of hydrogen-bond acceptors (Lipinski definition) is 4. The van der Waals surface area contributed by atoms with E-state index in [9.17, 15) is 0 Å². The van der Waals surface area contributed by atoms with E-state index in [-0.39, 0.29) is 0 Å². The van der Waals surface area contributed by atoms with Crippen molar-refractivity contribution in [2.45, 2.75) is 13.8 Å². The Balaban J connectivity index is 2.10. The molecule has 21 heavy (non-hydrogen) atoms. The first-order valence-corrected chi connectivity index (χ1v) is 6.68. The van der Waals surface area contributed by atoms with Crippen molar-refractivity contribution in [1.82, 2.24) is 9.97 Å². The number of pyridine rings is 2. The maximum absolute atomic E-state index is 9.05. The molecule has 0 saturated heterocycles. The molecule has 3 rings (SSSR count). The molecule has 0 aliphatic carbocycles. The van der Waals surface area contributed by atoms with Gasteiger partial charge in [0.2, 0.25) is 0 Å². The Morgan fingerprint density at radius 2 is 1.76 bits per heavy atom. The number of nitriles is 1. The SMILES string of the molecule is Cc1cc(C#N)cc(Nc2cc(C)nc3ccccc23)n1. The zero-order valence-corrected chi connectivity index (χ0v) is 11.9. The van der Waals surface area contributed by atoms with E-state index in [1.807, 2.05) is 44.2 Å². The van der Waals surface area contributed by atoms with E-state index in [0.29, 0.717) is 11.4 Å². The quantitative estimate of drug-likeness (QED) is 0.770. The summed E-state index contributed by atoms with van der Waals surface area (Å²) in [5.41, 5.74) is 4.23. The molecule has 0 aliphatic heterocycles. The fourth-order valence-electron chi connectivity index (χ4n) is 2.35. The van der Waals surface area contributed by atoms with E-state index in [2.05, 4.69) is 21.4 Å². The Kier molecular flexibility index (Phi) is 3.25. The van der Waals surface area contributed by atoms with Crippen LogP contribution in [0.15, 0.2) is 42.5 Å². The summed E-state index contributed by atoms with van der Waals surface area (Å²) in [5, 5.41) is 13.4. The molecule has 0 atom stereocenters. The molecule has 0 fully saturated rings. The van der Waals surface area contributed by atoms with Crippen LogP contribution in [0.5, 0.6) is 0 Å². The molecular formula is C17H14N4. The Bertz CT molecular complexity index is 862. The summed E-state index contributed by atoms with van der Waals surface area (Å²) in [6, 6.07) is 15.6. The van der Waals surface area contributed by atoms with E-state index >= 15 is 0 Å². The number of hydrogen-bond donors (Lipinski definition) is 1. The second kappa shape index (κ2) is 5.22. The summed E-state index contributed by atoms with van der Waals surface area (Å²) in [7, 11) is 0. The standard InChI is InChI=1S/C17H14N4/c1-11-7-13(10-18)9-17(20-11)21-16-8-12(2)19-15-6-4-3-5-14(15)16/h3-9H,1-2H3,(H,19,20,21). The van der Waals surface area contributed by atoms with Gasteiger partial charge in [0.25, 0.3) is 0 Å². The molecule has 0 aliphatic rings. The van der Waals surface area contributed by atoms with Crippen LogP contribution in [-0.4, -0.2) is 9.97 Å². The average Bonchev–Trinajstić information content (AvgIpc) is 2.46. The maximum atomic E-state index is 9.05. The second-order valence-electron chi connectivity index (χ2n) is 4.95. The molecule has 3 aromatic rings. The second-order valence-corrected chi connectivity index (χ2v) is 4.95. The van der Waals surface area contributed by atoms with E-state index in [1.165, 1.54) is 0 Å². The predicted molar refractivity (Wildman–Crippen MR) is 83.5 cm³/mol. The largest absolute Gasteiger partial charge is 0.340 e. The minimum absolute atomic E-state index is 0.597. The fraction of sp³-hybridized carbons (Fsp3) is 0.118. The lowest BCUT2D eigenvalue weighted by molar-refractivity contribution is 1.19. The molecule has 0 spiro atoms. The van der Waals surface area contributed by atoms with Gasteiger partial charge >= 0.3 is 0 Å². The molecule has 0 amide bonds. The number of nitrogens with zero attached hydrogens (tertiary/aromatic N) is 3. The average molecular weight is 274 g/mol. The van der Waals surface area contributed by atoms with Gasteiger partial charge in [-0.15, -0.1) is 0 Å². The lowest BCUT2D eigenvalue weighted by Gasteiger charge is -2.11. The van der Waals surface area contributed by atoms with Gasteiger partial charge in [0.15, 0.2) is 0 Å². The van der Waals surface area contributed by atoms with Crippen LogP contribution in [0.3, 0.4) is 0 Å². The topological polar surface area (TPSA) is 61.6 Å². The summed E-state index contributed by atoms with van der Waals surface area (Å²) >= 11 is 0. The molecule has 2 aromatic heterocycles. The Labute approximate surface area is 123 Å². The molecule has 1 N–H and O–H groups in total. The van der Waals surface area contributed by atoms with Crippen LogP contribution in [0, 0.1) is 25.2 Å². The van der Waals surface area contributed by atoms with Gasteiger partial charge in [-0.1, -0.05) is 18.2 Å². The highest BCUT2D eigenvalue weighted by Crippen LogP contribution is 2.26. The Morgan fingerprint density at radius 3 is 2.57 bits per heavy atom.